The summed E-state index contributed by atoms with van der Waals surface area (Å²) in [5, 5.41) is 9.60. The van der Waals surface area contributed by atoms with Crippen molar-refractivity contribution in [3.05, 3.63) is 104 Å². The van der Waals surface area contributed by atoms with Crippen molar-refractivity contribution in [2.75, 3.05) is 39.6 Å². The highest BCUT2D eigenvalue weighted by atomic mass is 16.6. The van der Waals surface area contributed by atoms with Crippen molar-refractivity contribution in [1.82, 2.24) is 0 Å². The molecule has 2 aliphatic heterocycles. The van der Waals surface area contributed by atoms with E-state index in [0.717, 1.165) is 42.6 Å². The molecule has 6 saturated carbocycles. The predicted molar refractivity (Wildman–Crippen MR) is 272 cm³/mol. The lowest BCUT2D eigenvalue weighted by atomic mass is 9.82. The number of ether oxygens (including phenoxy) is 6. The molecule has 3 aromatic rings. The molecule has 2 saturated heterocycles. The number of fused-ring (bicyclic) bond motifs is 10. The third kappa shape index (κ3) is 18.6. The van der Waals surface area contributed by atoms with Crippen molar-refractivity contribution in [1.29, 1.82) is 0 Å². The summed E-state index contributed by atoms with van der Waals surface area (Å²) in [7, 11) is 0. The van der Waals surface area contributed by atoms with Crippen LogP contribution in [0.5, 0.6) is 17.2 Å². The zero-order valence-electron chi connectivity index (χ0n) is 42.4. The van der Waals surface area contributed by atoms with Crippen molar-refractivity contribution in [2.45, 2.75) is 137 Å². The molecule has 9 heteroatoms. The molecule has 0 aromatic heterocycles. The first kappa shape index (κ1) is 54.8. The maximum atomic E-state index is 11.3. The highest BCUT2D eigenvalue weighted by Gasteiger charge is 2.51. The molecule has 3 aromatic carbocycles. The molecule has 2 heterocycles. The number of allylic oxidation sites excluding steroid dienone is 1. The minimum atomic E-state index is -0.908. The van der Waals surface area contributed by atoms with Crippen LogP contribution in [0.3, 0.4) is 0 Å². The second-order valence-corrected chi connectivity index (χ2v) is 19.8. The van der Waals surface area contributed by atoms with E-state index in [1.807, 2.05) is 107 Å². The van der Waals surface area contributed by atoms with E-state index in [2.05, 4.69) is 20.4 Å². The number of para-hydroxylation sites is 3. The Kier molecular flexibility index (Phi) is 24.0. The highest BCUT2D eigenvalue weighted by Crippen LogP contribution is 2.61. The Balaban J connectivity index is 0.000000159. The lowest BCUT2D eigenvalue weighted by Crippen LogP contribution is -2.25. The van der Waals surface area contributed by atoms with Crippen LogP contribution in [-0.4, -0.2) is 74.8 Å². The number of esters is 1. The highest BCUT2D eigenvalue weighted by molar-refractivity contribution is 5.91. The number of ketones is 1. The van der Waals surface area contributed by atoms with Crippen LogP contribution in [0.25, 0.3) is 0 Å². The first-order valence-corrected chi connectivity index (χ1v) is 26.5. The molecule has 11 rings (SSSR count). The van der Waals surface area contributed by atoms with Crippen LogP contribution in [0, 0.1) is 59.2 Å². The van der Waals surface area contributed by atoms with Crippen LogP contribution in [0.1, 0.15) is 119 Å². The van der Waals surface area contributed by atoms with Crippen molar-refractivity contribution in [2.24, 2.45) is 59.2 Å². The number of carbonyl (C=O) groups excluding carboxylic acids is 2. The normalized spacial score (nSPS) is 29.9. The van der Waals surface area contributed by atoms with Gasteiger partial charge in [-0.2, -0.15) is 0 Å². The summed E-state index contributed by atoms with van der Waals surface area (Å²) in [6.45, 7) is 19.2. The molecule has 6 aliphatic carbocycles. The maximum absolute atomic E-state index is 11.3. The molecule has 376 valence electrons. The lowest BCUT2D eigenvalue weighted by Gasteiger charge is -2.23. The van der Waals surface area contributed by atoms with Gasteiger partial charge in [-0.3, -0.25) is 9.59 Å². The third-order valence-corrected chi connectivity index (χ3v) is 14.8. The Morgan fingerprint density at radius 1 is 0.574 bits per heavy atom. The van der Waals surface area contributed by atoms with E-state index in [4.69, 9.17) is 28.4 Å². The number of rotatable bonds is 15. The smallest absolute Gasteiger partial charge is 0.306 e. The maximum Gasteiger partial charge on any atom is 0.306 e. The van der Waals surface area contributed by atoms with Crippen LogP contribution in [0.15, 0.2) is 104 Å². The minimum Gasteiger partial charge on any atom is -0.491 e. The fourth-order valence-corrected chi connectivity index (χ4v) is 11.7. The number of benzene rings is 3. The first-order chi connectivity index (χ1) is 33.2. The standard InChI is InChI=1S/C15H18O5.2C11H18.2C9H10O2.2C2H6/c1-2-12(16)8-9-15(18)20-11-13(17)10-19-14-6-4-3-5-7-14;2*1-7-4-10-8-2-3-9(6-8)11(10)5-7;2*1-2-4-8(5-3-1)10-6-9-7-11-9;2*1-2/h2-7,13,17H,1,8-11H2;2*7-11H,2-6H2,1H3;2*1-5,9H,6-7H2;2*1-2H3. The Hall–Kier alpha value is -4.18. The minimum absolute atomic E-state index is 0.0168. The summed E-state index contributed by atoms with van der Waals surface area (Å²) >= 11 is 0. The molecular formula is C59H86O9. The monoisotopic (exact) mass is 939 g/mol. The topological polar surface area (TPSA) is 116 Å². The zero-order valence-corrected chi connectivity index (χ0v) is 42.4. The van der Waals surface area contributed by atoms with Crippen molar-refractivity contribution in [3.8, 4) is 17.2 Å². The molecule has 1 N–H and O–H groups in total. The zero-order chi connectivity index (χ0) is 48.7. The number of aliphatic hydroxyl groups excluding tert-OH is 1. The van der Waals surface area contributed by atoms with E-state index >= 15 is 0 Å². The van der Waals surface area contributed by atoms with E-state index in [0.29, 0.717) is 31.2 Å². The van der Waals surface area contributed by atoms with Gasteiger partial charge in [0.15, 0.2) is 5.78 Å². The van der Waals surface area contributed by atoms with Gasteiger partial charge >= 0.3 is 5.97 Å². The van der Waals surface area contributed by atoms with E-state index in [9.17, 15) is 14.7 Å². The Morgan fingerprint density at radius 2 is 0.926 bits per heavy atom. The van der Waals surface area contributed by atoms with Gasteiger partial charge in [-0.25, -0.2) is 0 Å². The van der Waals surface area contributed by atoms with E-state index in [-0.39, 0.29) is 31.8 Å². The van der Waals surface area contributed by atoms with Crippen LogP contribution < -0.4 is 14.2 Å². The van der Waals surface area contributed by atoms with Crippen LogP contribution in [0.2, 0.25) is 0 Å². The SMILES string of the molecule is C=CC(=O)CCC(=O)OCC(O)COc1ccccc1.CC.CC.CC1CC2C3CCC(C3)C2C1.CC1CC2C3CCC(C3)C2C1.c1ccc(OCC2CO2)cc1.c1ccc(OCC2CO2)cc1. The summed E-state index contributed by atoms with van der Waals surface area (Å²) in [6.07, 6.45) is 16.8. The fourth-order valence-electron chi connectivity index (χ4n) is 11.7. The van der Waals surface area contributed by atoms with Gasteiger partial charge < -0.3 is 33.5 Å². The second-order valence-electron chi connectivity index (χ2n) is 19.8. The Labute approximate surface area is 410 Å². The Morgan fingerprint density at radius 3 is 1.26 bits per heavy atom. The molecular weight excluding hydrogens is 853 g/mol. The summed E-state index contributed by atoms with van der Waals surface area (Å²) in [5.41, 5.74) is 0. The van der Waals surface area contributed by atoms with Gasteiger partial charge in [0.2, 0.25) is 0 Å². The molecule has 8 fully saturated rings. The molecule has 11 atom stereocenters. The number of carbonyl (C=O) groups is 2. The molecule has 0 spiro atoms. The number of hydrogen-bond acceptors (Lipinski definition) is 9. The van der Waals surface area contributed by atoms with Crippen LogP contribution in [0.4, 0.5) is 0 Å². The summed E-state index contributed by atoms with van der Waals surface area (Å²) < 4.78 is 31.0. The van der Waals surface area contributed by atoms with Gasteiger partial charge in [-0.1, -0.05) is 103 Å². The van der Waals surface area contributed by atoms with E-state index in [1.54, 1.807) is 76.3 Å². The third-order valence-electron chi connectivity index (χ3n) is 14.8. The average molecular weight is 939 g/mol. The van der Waals surface area contributed by atoms with E-state index < -0.39 is 12.1 Å². The molecule has 4 bridgehead atoms. The molecule has 0 amide bonds. The molecule has 8 aliphatic rings. The summed E-state index contributed by atoms with van der Waals surface area (Å²) in [5.74, 6) is 13.3. The van der Waals surface area contributed by atoms with Gasteiger partial charge in [0.05, 0.1) is 19.6 Å². The summed E-state index contributed by atoms with van der Waals surface area (Å²) in [6, 6.07) is 28.6. The van der Waals surface area contributed by atoms with E-state index in [1.165, 1.54) is 47.3 Å². The number of hydrogen-bond donors (Lipinski definition) is 1. The molecule has 0 radical (unpaired) electrons. The fraction of sp³-hybridized carbons (Fsp3) is 0.627. The van der Waals surface area contributed by atoms with Gasteiger partial charge in [-0.05, 0) is 166 Å². The summed E-state index contributed by atoms with van der Waals surface area (Å²) in [4.78, 5) is 22.2. The molecule has 11 unspecified atom stereocenters. The van der Waals surface area contributed by atoms with Gasteiger partial charge in [0, 0.05) is 6.42 Å². The largest absolute Gasteiger partial charge is 0.491 e. The van der Waals surface area contributed by atoms with Crippen molar-refractivity contribution < 1.29 is 43.1 Å². The number of aliphatic hydroxyl groups is 1. The van der Waals surface area contributed by atoms with Crippen molar-refractivity contribution in [3.63, 3.8) is 0 Å². The van der Waals surface area contributed by atoms with Crippen LogP contribution >= 0.6 is 0 Å². The molecule has 68 heavy (non-hydrogen) atoms. The van der Waals surface area contributed by atoms with Gasteiger partial charge in [-0.15, -0.1) is 0 Å². The van der Waals surface area contributed by atoms with Gasteiger partial charge in [0.25, 0.3) is 0 Å². The molecule has 9 nitrogen and oxygen atoms in total. The number of epoxide rings is 2. The first-order valence-electron chi connectivity index (χ1n) is 26.5. The average Bonchev–Trinajstić information content (AvgIpc) is 3.99. The second kappa shape index (κ2) is 29.8. The quantitative estimate of drug-likeness (QED) is 0.0903. The lowest BCUT2D eigenvalue weighted by molar-refractivity contribution is -0.147. The predicted octanol–water partition coefficient (Wildman–Crippen LogP) is 12.6. The van der Waals surface area contributed by atoms with Gasteiger partial charge in [0.1, 0.15) is 62.0 Å². The van der Waals surface area contributed by atoms with Crippen molar-refractivity contribution >= 4 is 11.8 Å². The van der Waals surface area contributed by atoms with Crippen LogP contribution in [-0.2, 0) is 23.8 Å². The Bertz CT molecular complexity index is 1700.